The topological polar surface area (TPSA) is 38.3 Å². The fourth-order valence-corrected chi connectivity index (χ4v) is 1.67. The number of ether oxygens (including phenoxy) is 1. The van der Waals surface area contributed by atoms with E-state index in [0.717, 1.165) is 6.54 Å². The highest BCUT2D eigenvalue weighted by molar-refractivity contribution is 5.81. The summed E-state index contributed by atoms with van der Waals surface area (Å²) in [6.45, 7) is 8.04. The highest BCUT2D eigenvalue weighted by atomic mass is 16.5. The summed E-state index contributed by atoms with van der Waals surface area (Å²) in [6, 6.07) is 8.60. The maximum atomic E-state index is 11.0. The van der Waals surface area contributed by atoms with Crippen molar-refractivity contribution in [3.05, 3.63) is 47.5 Å². The summed E-state index contributed by atoms with van der Waals surface area (Å²) in [5.41, 5.74) is 2.60. The molecule has 0 spiro atoms. The van der Waals surface area contributed by atoms with Crippen LogP contribution in [0.2, 0.25) is 0 Å². The van der Waals surface area contributed by atoms with Crippen molar-refractivity contribution < 1.29 is 9.53 Å². The van der Waals surface area contributed by atoms with Crippen LogP contribution >= 0.6 is 0 Å². The van der Waals surface area contributed by atoms with E-state index in [2.05, 4.69) is 43.4 Å². The Bertz CT molecular complexity index is 407. The monoisotopic (exact) mass is 261 g/mol. The SMILES string of the molecule is CCOC(=O)/C=C/CNCc1ccc(C(C)C)cc1. The van der Waals surface area contributed by atoms with Crippen LogP contribution in [0, 0.1) is 0 Å². The smallest absolute Gasteiger partial charge is 0.330 e. The number of nitrogens with one attached hydrogen (secondary N) is 1. The molecule has 0 amide bonds. The lowest BCUT2D eigenvalue weighted by molar-refractivity contribution is -0.137. The summed E-state index contributed by atoms with van der Waals surface area (Å²) in [5, 5.41) is 3.25. The molecule has 0 bridgehead atoms. The van der Waals surface area contributed by atoms with Crippen molar-refractivity contribution in [2.45, 2.75) is 33.2 Å². The number of benzene rings is 1. The normalized spacial score (nSPS) is 11.2. The first-order valence-corrected chi connectivity index (χ1v) is 6.76. The van der Waals surface area contributed by atoms with Gasteiger partial charge >= 0.3 is 5.97 Å². The molecule has 1 N–H and O–H groups in total. The molecule has 0 aromatic heterocycles. The van der Waals surface area contributed by atoms with Crippen molar-refractivity contribution >= 4 is 5.97 Å². The van der Waals surface area contributed by atoms with Gasteiger partial charge in [-0.2, -0.15) is 0 Å². The van der Waals surface area contributed by atoms with Gasteiger partial charge in [-0.05, 0) is 24.0 Å². The van der Waals surface area contributed by atoms with Crippen LogP contribution in [0.4, 0.5) is 0 Å². The van der Waals surface area contributed by atoms with E-state index >= 15 is 0 Å². The van der Waals surface area contributed by atoms with E-state index in [-0.39, 0.29) is 5.97 Å². The third-order valence-electron chi connectivity index (χ3n) is 2.78. The highest BCUT2D eigenvalue weighted by Crippen LogP contribution is 2.14. The summed E-state index contributed by atoms with van der Waals surface area (Å²) in [4.78, 5) is 11.0. The Morgan fingerprint density at radius 2 is 2.00 bits per heavy atom. The van der Waals surface area contributed by atoms with E-state index in [1.807, 2.05) is 0 Å². The van der Waals surface area contributed by atoms with Gasteiger partial charge < -0.3 is 10.1 Å². The zero-order valence-corrected chi connectivity index (χ0v) is 12.0. The summed E-state index contributed by atoms with van der Waals surface area (Å²) in [5.74, 6) is 0.278. The summed E-state index contributed by atoms with van der Waals surface area (Å²) in [6.07, 6.45) is 3.23. The Morgan fingerprint density at radius 1 is 1.32 bits per heavy atom. The van der Waals surface area contributed by atoms with Gasteiger partial charge in [0.05, 0.1) is 6.61 Å². The lowest BCUT2D eigenvalue weighted by Gasteiger charge is -2.07. The van der Waals surface area contributed by atoms with Crippen molar-refractivity contribution in [3.63, 3.8) is 0 Å². The van der Waals surface area contributed by atoms with Crippen LogP contribution in [-0.4, -0.2) is 19.1 Å². The van der Waals surface area contributed by atoms with Gasteiger partial charge in [-0.3, -0.25) is 0 Å². The number of hydrogen-bond donors (Lipinski definition) is 1. The summed E-state index contributed by atoms with van der Waals surface area (Å²) < 4.78 is 4.79. The average Bonchev–Trinajstić information content (AvgIpc) is 2.39. The molecule has 0 atom stereocenters. The van der Waals surface area contributed by atoms with Crippen molar-refractivity contribution in [1.29, 1.82) is 0 Å². The molecule has 0 aliphatic carbocycles. The quantitative estimate of drug-likeness (QED) is 0.466. The Labute approximate surface area is 115 Å². The molecule has 1 aromatic rings. The molecule has 1 aromatic carbocycles. The van der Waals surface area contributed by atoms with Crippen LogP contribution in [0.5, 0.6) is 0 Å². The molecule has 0 aliphatic rings. The molecule has 0 radical (unpaired) electrons. The maximum absolute atomic E-state index is 11.0. The van der Waals surface area contributed by atoms with Gasteiger partial charge in [0, 0.05) is 19.2 Å². The van der Waals surface area contributed by atoms with E-state index in [9.17, 15) is 4.79 Å². The van der Waals surface area contributed by atoms with Crippen LogP contribution < -0.4 is 5.32 Å². The van der Waals surface area contributed by atoms with Crippen molar-refractivity contribution in [2.24, 2.45) is 0 Å². The molecule has 3 heteroatoms. The number of esters is 1. The predicted octanol–water partition coefficient (Wildman–Crippen LogP) is 3.02. The Morgan fingerprint density at radius 3 is 2.58 bits per heavy atom. The number of rotatable bonds is 7. The summed E-state index contributed by atoms with van der Waals surface area (Å²) >= 11 is 0. The minimum absolute atomic E-state index is 0.286. The lowest BCUT2D eigenvalue weighted by Crippen LogP contribution is -2.13. The molecule has 19 heavy (non-hydrogen) atoms. The number of carbonyl (C=O) groups is 1. The Balaban J connectivity index is 2.27. The van der Waals surface area contributed by atoms with Gasteiger partial charge in [0.2, 0.25) is 0 Å². The second kappa shape index (κ2) is 8.48. The highest BCUT2D eigenvalue weighted by Gasteiger charge is 1.98. The van der Waals surface area contributed by atoms with E-state index in [1.54, 1.807) is 13.0 Å². The first-order valence-electron chi connectivity index (χ1n) is 6.76. The first-order chi connectivity index (χ1) is 9.13. The van der Waals surface area contributed by atoms with Gasteiger partial charge in [-0.1, -0.05) is 44.2 Å². The second-order valence-corrected chi connectivity index (χ2v) is 4.68. The van der Waals surface area contributed by atoms with E-state index in [4.69, 9.17) is 4.74 Å². The molecular weight excluding hydrogens is 238 g/mol. The van der Waals surface area contributed by atoms with Crippen LogP contribution in [0.1, 0.15) is 37.8 Å². The standard InChI is InChI=1S/C16H23NO2/c1-4-19-16(18)6-5-11-17-12-14-7-9-15(10-8-14)13(2)3/h5-10,13,17H,4,11-12H2,1-3H3/b6-5+. The van der Waals surface area contributed by atoms with Gasteiger partial charge in [-0.15, -0.1) is 0 Å². The molecule has 0 aliphatic heterocycles. The second-order valence-electron chi connectivity index (χ2n) is 4.68. The van der Waals surface area contributed by atoms with Crippen LogP contribution in [-0.2, 0) is 16.1 Å². The number of carbonyl (C=O) groups excluding carboxylic acids is 1. The van der Waals surface area contributed by atoms with E-state index < -0.39 is 0 Å². The average molecular weight is 261 g/mol. The lowest BCUT2D eigenvalue weighted by atomic mass is 10.0. The molecule has 1 rings (SSSR count). The van der Waals surface area contributed by atoms with Gasteiger partial charge in [0.15, 0.2) is 0 Å². The third-order valence-corrected chi connectivity index (χ3v) is 2.78. The molecule has 0 unspecified atom stereocenters. The maximum Gasteiger partial charge on any atom is 0.330 e. The fourth-order valence-electron chi connectivity index (χ4n) is 1.67. The van der Waals surface area contributed by atoms with E-state index in [1.165, 1.54) is 17.2 Å². The summed E-state index contributed by atoms with van der Waals surface area (Å²) in [7, 11) is 0. The van der Waals surface area contributed by atoms with Crippen molar-refractivity contribution in [1.82, 2.24) is 5.32 Å². The number of hydrogen-bond acceptors (Lipinski definition) is 3. The molecule has 0 fully saturated rings. The molecule has 3 nitrogen and oxygen atoms in total. The molecule has 0 saturated carbocycles. The largest absolute Gasteiger partial charge is 0.463 e. The minimum Gasteiger partial charge on any atom is -0.463 e. The molecule has 0 heterocycles. The van der Waals surface area contributed by atoms with Crippen molar-refractivity contribution in [2.75, 3.05) is 13.2 Å². The van der Waals surface area contributed by atoms with Crippen LogP contribution in [0.15, 0.2) is 36.4 Å². The van der Waals surface area contributed by atoms with Gasteiger partial charge in [0.25, 0.3) is 0 Å². The Kier molecular flexibility index (Phi) is 6.90. The zero-order valence-electron chi connectivity index (χ0n) is 12.0. The predicted molar refractivity (Wildman–Crippen MR) is 78.0 cm³/mol. The van der Waals surface area contributed by atoms with Gasteiger partial charge in [0.1, 0.15) is 0 Å². The minimum atomic E-state index is -0.286. The molecule has 104 valence electrons. The fraction of sp³-hybridized carbons (Fsp3) is 0.438. The molecular formula is C16H23NO2. The van der Waals surface area contributed by atoms with Crippen LogP contribution in [0.25, 0.3) is 0 Å². The molecule has 0 saturated heterocycles. The van der Waals surface area contributed by atoms with Crippen LogP contribution in [0.3, 0.4) is 0 Å². The van der Waals surface area contributed by atoms with Gasteiger partial charge in [-0.25, -0.2) is 4.79 Å². The first kappa shape index (κ1) is 15.4. The zero-order chi connectivity index (χ0) is 14.1. The third kappa shape index (κ3) is 6.20. The van der Waals surface area contributed by atoms with E-state index in [0.29, 0.717) is 19.1 Å². The Hall–Kier alpha value is -1.61. The van der Waals surface area contributed by atoms with Crippen molar-refractivity contribution in [3.8, 4) is 0 Å².